The van der Waals surface area contributed by atoms with E-state index in [0.29, 0.717) is 16.8 Å². The van der Waals surface area contributed by atoms with Gasteiger partial charge in [0.05, 0.1) is 16.5 Å². The lowest BCUT2D eigenvalue weighted by atomic mass is 10.1. The third-order valence-electron chi connectivity index (χ3n) is 2.75. The zero-order chi connectivity index (χ0) is 16.2. The SMILES string of the molecule is CC(C)CC(Cl)CNC(=O)c1cc(C(F)(F)F)ccc1Br. The minimum absolute atomic E-state index is 0.0572. The van der Waals surface area contributed by atoms with Crippen LogP contribution in [0, 0.1) is 5.92 Å². The van der Waals surface area contributed by atoms with Gasteiger partial charge in [-0.1, -0.05) is 13.8 Å². The third kappa shape index (κ3) is 5.87. The van der Waals surface area contributed by atoms with Crippen molar-refractivity contribution in [3.63, 3.8) is 0 Å². The molecule has 1 aromatic carbocycles. The van der Waals surface area contributed by atoms with E-state index in [9.17, 15) is 18.0 Å². The Morgan fingerprint density at radius 3 is 2.52 bits per heavy atom. The Hall–Kier alpha value is -0.750. The number of carbonyl (C=O) groups excluding carboxylic acids is 1. The van der Waals surface area contributed by atoms with Crippen molar-refractivity contribution in [2.24, 2.45) is 5.92 Å². The van der Waals surface area contributed by atoms with Crippen molar-refractivity contribution in [1.82, 2.24) is 5.32 Å². The zero-order valence-corrected chi connectivity index (χ0v) is 13.9. The molecule has 1 aromatic rings. The Balaban J connectivity index is 2.78. The highest BCUT2D eigenvalue weighted by atomic mass is 79.9. The first-order valence-corrected chi connectivity index (χ1v) is 7.63. The van der Waals surface area contributed by atoms with Crippen LogP contribution in [0.4, 0.5) is 13.2 Å². The average Bonchev–Trinajstić information content (AvgIpc) is 2.34. The van der Waals surface area contributed by atoms with Gasteiger partial charge in [-0.15, -0.1) is 11.6 Å². The highest BCUT2D eigenvalue weighted by Gasteiger charge is 2.31. The molecule has 1 N–H and O–H groups in total. The van der Waals surface area contributed by atoms with Crippen LogP contribution in [0.3, 0.4) is 0 Å². The molecule has 0 bridgehead atoms. The van der Waals surface area contributed by atoms with Gasteiger partial charge in [-0.05, 0) is 46.5 Å². The lowest BCUT2D eigenvalue weighted by molar-refractivity contribution is -0.137. The predicted octanol–water partition coefficient (Wildman–Crippen LogP) is 4.85. The molecule has 1 rings (SSSR count). The molecule has 0 saturated heterocycles. The number of rotatable bonds is 5. The van der Waals surface area contributed by atoms with Crippen LogP contribution in [0.15, 0.2) is 22.7 Å². The third-order valence-corrected chi connectivity index (χ3v) is 3.77. The molecule has 0 saturated carbocycles. The topological polar surface area (TPSA) is 29.1 Å². The van der Waals surface area contributed by atoms with Gasteiger partial charge in [-0.3, -0.25) is 4.79 Å². The van der Waals surface area contributed by atoms with Gasteiger partial charge in [0.15, 0.2) is 0 Å². The van der Waals surface area contributed by atoms with Crippen LogP contribution in [-0.2, 0) is 6.18 Å². The van der Waals surface area contributed by atoms with Gasteiger partial charge < -0.3 is 5.32 Å². The first kappa shape index (κ1) is 18.3. The molecule has 1 atom stereocenters. The number of amides is 1. The van der Waals surface area contributed by atoms with E-state index in [1.807, 2.05) is 13.8 Å². The normalized spacial score (nSPS) is 13.3. The Labute approximate surface area is 135 Å². The van der Waals surface area contributed by atoms with Crippen LogP contribution in [0.1, 0.15) is 36.2 Å². The molecule has 0 aliphatic carbocycles. The van der Waals surface area contributed by atoms with Crippen molar-refractivity contribution >= 4 is 33.4 Å². The van der Waals surface area contributed by atoms with E-state index < -0.39 is 17.6 Å². The zero-order valence-electron chi connectivity index (χ0n) is 11.6. The quantitative estimate of drug-likeness (QED) is 0.720. The van der Waals surface area contributed by atoms with Gasteiger partial charge in [0, 0.05) is 11.0 Å². The van der Waals surface area contributed by atoms with E-state index in [1.165, 1.54) is 6.07 Å². The lowest BCUT2D eigenvalue weighted by Gasteiger charge is -2.14. The second-order valence-corrected chi connectivity index (χ2v) is 6.60. The second kappa shape index (κ2) is 7.49. The van der Waals surface area contributed by atoms with Crippen molar-refractivity contribution in [1.29, 1.82) is 0 Å². The van der Waals surface area contributed by atoms with Crippen molar-refractivity contribution in [2.75, 3.05) is 6.54 Å². The molecule has 0 spiro atoms. The molecular formula is C14H16BrClF3NO. The van der Waals surface area contributed by atoms with Crippen LogP contribution in [0.2, 0.25) is 0 Å². The maximum absolute atomic E-state index is 12.7. The summed E-state index contributed by atoms with van der Waals surface area (Å²) in [4.78, 5) is 12.0. The van der Waals surface area contributed by atoms with Crippen LogP contribution in [0.25, 0.3) is 0 Å². The highest BCUT2D eigenvalue weighted by molar-refractivity contribution is 9.10. The average molecular weight is 387 g/mol. The Bertz CT molecular complexity index is 505. The molecule has 0 aliphatic heterocycles. The Morgan fingerprint density at radius 1 is 1.38 bits per heavy atom. The van der Waals surface area contributed by atoms with Gasteiger partial charge in [0.25, 0.3) is 5.91 Å². The fourth-order valence-electron chi connectivity index (χ4n) is 1.77. The molecule has 0 fully saturated rings. The number of nitrogens with one attached hydrogen (secondary N) is 1. The smallest absolute Gasteiger partial charge is 0.351 e. The number of carbonyl (C=O) groups is 1. The van der Waals surface area contributed by atoms with Gasteiger partial charge in [0.2, 0.25) is 0 Å². The van der Waals surface area contributed by atoms with Gasteiger partial charge in [-0.25, -0.2) is 0 Å². The predicted molar refractivity (Wildman–Crippen MR) is 80.6 cm³/mol. The van der Waals surface area contributed by atoms with E-state index in [1.54, 1.807) is 0 Å². The minimum atomic E-state index is -4.48. The van der Waals surface area contributed by atoms with Crippen molar-refractivity contribution in [3.05, 3.63) is 33.8 Å². The van der Waals surface area contributed by atoms with Crippen LogP contribution in [0.5, 0.6) is 0 Å². The van der Waals surface area contributed by atoms with Crippen molar-refractivity contribution < 1.29 is 18.0 Å². The summed E-state index contributed by atoms with van der Waals surface area (Å²) in [6.07, 6.45) is -3.77. The van der Waals surface area contributed by atoms with Crippen LogP contribution < -0.4 is 5.32 Å². The van der Waals surface area contributed by atoms with E-state index in [2.05, 4.69) is 21.2 Å². The summed E-state index contributed by atoms with van der Waals surface area (Å²) in [5.41, 5.74) is -0.918. The summed E-state index contributed by atoms with van der Waals surface area (Å²) in [6, 6.07) is 2.96. The number of hydrogen-bond donors (Lipinski definition) is 1. The molecule has 118 valence electrons. The lowest BCUT2D eigenvalue weighted by Crippen LogP contribution is -2.30. The molecule has 0 heterocycles. The van der Waals surface area contributed by atoms with Crippen molar-refractivity contribution in [3.8, 4) is 0 Å². The Morgan fingerprint density at radius 2 is 2.00 bits per heavy atom. The molecule has 0 aromatic heterocycles. The number of benzene rings is 1. The standard InChI is InChI=1S/C14H16BrClF3NO/c1-8(2)5-10(16)7-20-13(21)11-6-9(14(17,18)19)3-4-12(11)15/h3-4,6,8,10H,5,7H2,1-2H3,(H,20,21). The second-order valence-electron chi connectivity index (χ2n) is 5.13. The molecule has 2 nitrogen and oxygen atoms in total. The summed E-state index contributed by atoms with van der Waals surface area (Å²) < 4.78 is 38.3. The van der Waals surface area contributed by atoms with Crippen molar-refractivity contribution in [2.45, 2.75) is 31.8 Å². The van der Waals surface area contributed by atoms with Crippen LogP contribution >= 0.6 is 27.5 Å². The molecule has 1 amide bonds. The monoisotopic (exact) mass is 385 g/mol. The van der Waals surface area contributed by atoms with E-state index in [0.717, 1.165) is 12.1 Å². The maximum atomic E-state index is 12.7. The summed E-state index contributed by atoms with van der Waals surface area (Å²) in [5, 5.41) is 2.30. The first-order chi connectivity index (χ1) is 9.61. The largest absolute Gasteiger partial charge is 0.416 e. The van der Waals surface area contributed by atoms with Gasteiger partial charge in [-0.2, -0.15) is 13.2 Å². The number of alkyl halides is 4. The summed E-state index contributed by atoms with van der Waals surface area (Å²) in [6.45, 7) is 4.21. The first-order valence-electron chi connectivity index (χ1n) is 6.40. The molecule has 21 heavy (non-hydrogen) atoms. The molecular weight excluding hydrogens is 371 g/mol. The molecule has 1 unspecified atom stereocenters. The molecule has 0 aliphatic rings. The van der Waals surface area contributed by atoms with Gasteiger partial charge in [0.1, 0.15) is 0 Å². The summed E-state index contributed by atoms with van der Waals surface area (Å²) in [5.74, 6) is -0.202. The van der Waals surface area contributed by atoms with E-state index in [4.69, 9.17) is 11.6 Å². The van der Waals surface area contributed by atoms with E-state index in [-0.39, 0.29) is 17.5 Å². The summed E-state index contributed by atoms with van der Waals surface area (Å²) in [7, 11) is 0. The van der Waals surface area contributed by atoms with E-state index >= 15 is 0 Å². The highest BCUT2D eigenvalue weighted by Crippen LogP contribution is 2.31. The fourth-order valence-corrected chi connectivity index (χ4v) is 2.63. The Kier molecular flexibility index (Phi) is 6.53. The number of halogens is 5. The molecule has 7 heteroatoms. The fraction of sp³-hybridized carbons (Fsp3) is 0.500. The maximum Gasteiger partial charge on any atom is 0.416 e. The van der Waals surface area contributed by atoms with Crippen LogP contribution in [-0.4, -0.2) is 17.8 Å². The summed E-state index contributed by atoms with van der Waals surface area (Å²) >= 11 is 9.13. The number of hydrogen-bond acceptors (Lipinski definition) is 1. The minimum Gasteiger partial charge on any atom is -0.351 e. The molecule has 0 radical (unpaired) electrons. The van der Waals surface area contributed by atoms with Gasteiger partial charge >= 0.3 is 6.18 Å².